The molecule has 13 aromatic rings. The van der Waals surface area contributed by atoms with Gasteiger partial charge in [0.05, 0.1) is 33.3 Å². The first-order chi connectivity index (χ1) is 34.5. The van der Waals surface area contributed by atoms with Gasteiger partial charge in [-0.25, -0.2) is 9.97 Å². The summed E-state index contributed by atoms with van der Waals surface area (Å²) in [4.78, 5) is 13.0. The van der Waals surface area contributed by atoms with Gasteiger partial charge in [0.25, 0.3) is 0 Å². The maximum atomic E-state index is 7.06. The molecule has 70 heavy (non-hydrogen) atoms. The third-order valence-corrected chi connectivity index (χ3v) is 14.6. The number of nitrogens with zero attached hydrogens (tertiary/aromatic N) is 4. The van der Waals surface area contributed by atoms with Gasteiger partial charge in [0.2, 0.25) is 5.95 Å². The van der Waals surface area contributed by atoms with Gasteiger partial charge in [-0.15, -0.1) is 0 Å². The third-order valence-electron chi connectivity index (χ3n) is 14.6. The van der Waals surface area contributed by atoms with Gasteiger partial charge in [-0.3, -0.25) is 4.90 Å². The molecule has 14 rings (SSSR count). The summed E-state index contributed by atoms with van der Waals surface area (Å²) in [6.45, 7) is 4.70. The Bertz CT molecular complexity index is 4200. The van der Waals surface area contributed by atoms with Gasteiger partial charge in [0, 0.05) is 49.5 Å². The minimum Gasteiger partial charge on any atom is -0.455 e. The predicted octanol–water partition coefficient (Wildman–Crippen LogP) is 17.4. The fourth-order valence-corrected chi connectivity index (χ4v) is 11.3. The zero-order valence-electron chi connectivity index (χ0n) is 38.6. The molecule has 0 spiro atoms. The summed E-state index contributed by atoms with van der Waals surface area (Å²) in [6, 6.07) is 82.2. The highest BCUT2D eigenvalue weighted by Crippen LogP contribution is 2.50. The van der Waals surface area contributed by atoms with Crippen LogP contribution >= 0.6 is 0 Å². The van der Waals surface area contributed by atoms with E-state index in [4.69, 9.17) is 14.4 Å². The number of fused-ring (bicyclic) bond motifs is 10. The lowest BCUT2D eigenvalue weighted by Gasteiger charge is -2.25. The van der Waals surface area contributed by atoms with Crippen LogP contribution in [0, 0.1) is 0 Å². The Morgan fingerprint density at radius 1 is 0.443 bits per heavy atom. The van der Waals surface area contributed by atoms with Crippen LogP contribution in [-0.4, -0.2) is 14.5 Å². The molecule has 0 radical (unpaired) electrons. The van der Waals surface area contributed by atoms with E-state index >= 15 is 0 Å². The first-order valence-electron chi connectivity index (χ1n) is 24.0. The summed E-state index contributed by atoms with van der Waals surface area (Å²) >= 11 is 0. The summed E-state index contributed by atoms with van der Waals surface area (Å²) in [5, 5.41) is 5.43. The Labute approximate surface area is 405 Å². The quantitative estimate of drug-likeness (QED) is 0.160. The number of aromatic nitrogens is 3. The molecular formula is C65H44N4O. The standard InChI is InChI=1S/C65H44N4O/c1-65(2)54-26-12-9-21-48(54)49-38-36-46(40-55(49)65)68-57-28-14-11-22-50(57)51-37-33-44(39-59(51)68)47-24-15-25-53-61-58(29-16-30-60(61)70-63(47)53)69(45-34-31-42(32-35-45)41-17-5-3-6-18-41)64-66-56-27-13-10-23-52(56)62(67-64)43-19-7-4-8-20-43/h3-40H,1-2H3. The van der Waals surface area contributed by atoms with Crippen molar-refractivity contribution < 1.29 is 4.42 Å². The van der Waals surface area contributed by atoms with Gasteiger partial charge in [0.15, 0.2) is 0 Å². The molecule has 0 saturated carbocycles. The van der Waals surface area contributed by atoms with Gasteiger partial charge in [0.1, 0.15) is 11.2 Å². The molecule has 0 atom stereocenters. The summed E-state index contributed by atoms with van der Waals surface area (Å²) in [7, 11) is 0. The van der Waals surface area contributed by atoms with Crippen molar-refractivity contribution in [2.45, 2.75) is 19.3 Å². The fraction of sp³-hybridized carbons (Fsp3) is 0.0462. The van der Waals surface area contributed by atoms with Crippen LogP contribution in [-0.2, 0) is 5.41 Å². The summed E-state index contributed by atoms with van der Waals surface area (Å²) < 4.78 is 9.50. The van der Waals surface area contributed by atoms with Gasteiger partial charge in [-0.2, -0.15) is 0 Å². The summed E-state index contributed by atoms with van der Waals surface area (Å²) in [5.41, 5.74) is 19.4. The summed E-state index contributed by atoms with van der Waals surface area (Å²) in [5.74, 6) is 0.570. The minimum absolute atomic E-state index is 0.118. The van der Waals surface area contributed by atoms with Gasteiger partial charge in [-0.1, -0.05) is 190 Å². The molecule has 3 aromatic heterocycles. The average Bonchev–Trinajstić information content (AvgIpc) is 4.04. The highest BCUT2D eigenvalue weighted by molar-refractivity contribution is 6.17. The lowest BCUT2D eigenvalue weighted by atomic mass is 9.82. The van der Waals surface area contributed by atoms with Crippen molar-refractivity contribution in [3.8, 4) is 50.3 Å². The number of anilines is 3. The van der Waals surface area contributed by atoms with Crippen molar-refractivity contribution in [2.75, 3.05) is 4.90 Å². The largest absolute Gasteiger partial charge is 0.455 e. The van der Waals surface area contributed by atoms with E-state index in [0.29, 0.717) is 5.95 Å². The van der Waals surface area contributed by atoms with Crippen molar-refractivity contribution in [2.24, 2.45) is 0 Å². The molecule has 0 unspecified atom stereocenters. The molecule has 1 aliphatic rings. The first-order valence-corrected chi connectivity index (χ1v) is 24.0. The number of furan rings is 1. The van der Waals surface area contributed by atoms with Crippen LogP contribution in [0.4, 0.5) is 17.3 Å². The lowest BCUT2D eigenvalue weighted by molar-refractivity contribution is 0.660. The SMILES string of the molecule is CC1(C)c2ccccc2-c2ccc(-n3c4ccccc4c4ccc(-c5cccc6c5oc5cccc(N(c7ccc(-c8ccccc8)cc7)c7nc(-c8ccccc8)c8ccccc8n7)c56)cc43)cc21. The smallest absolute Gasteiger partial charge is 0.235 e. The van der Waals surface area contributed by atoms with E-state index in [9.17, 15) is 0 Å². The Hall–Kier alpha value is -9.06. The highest BCUT2D eigenvalue weighted by Gasteiger charge is 2.35. The molecule has 0 amide bonds. The molecule has 0 fully saturated rings. The fourth-order valence-electron chi connectivity index (χ4n) is 11.3. The number of para-hydroxylation sites is 3. The Kier molecular flexibility index (Phi) is 8.86. The van der Waals surface area contributed by atoms with E-state index in [0.717, 1.165) is 88.9 Å². The topological polar surface area (TPSA) is 47.1 Å². The molecule has 10 aromatic carbocycles. The second-order valence-corrected chi connectivity index (χ2v) is 18.9. The van der Waals surface area contributed by atoms with Crippen molar-refractivity contribution in [3.63, 3.8) is 0 Å². The zero-order valence-corrected chi connectivity index (χ0v) is 38.6. The molecule has 0 bridgehead atoms. The Morgan fingerprint density at radius 2 is 1.09 bits per heavy atom. The van der Waals surface area contributed by atoms with E-state index in [1.165, 1.54) is 38.5 Å². The number of hydrogen-bond donors (Lipinski definition) is 0. The molecule has 0 saturated heterocycles. The van der Waals surface area contributed by atoms with Crippen LogP contribution in [0.25, 0.3) is 105 Å². The molecule has 330 valence electrons. The van der Waals surface area contributed by atoms with Crippen LogP contribution in [0.1, 0.15) is 25.0 Å². The van der Waals surface area contributed by atoms with Crippen LogP contribution in [0.3, 0.4) is 0 Å². The van der Waals surface area contributed by atoms with Gasteiger partial charge < -0.3 is 8.98 Å². The van der Waals surface area contributed by atoms with Gasteiger partial charge >= 0.3 is 0 Å². The average molecular weight is 897 g/mol. The van der Waals surface area contributed by atoms with Crippen LogP contribution in [0.2, 0.25) is 0 Å². The van der Waals surface area contributed by atoms with Gasteiger partial charge in [-0.05, 0) is 93.5 Å². The molecule has 0 aliphatic heterocycles. The normalized spacial score (nSPS) is 12.8. The highest BCUT2D eigenvalue weighted by atomic mass is 16.3. The second kappa shape index (κ2) is 15.5. The van der Waals surface area contributed by atoms with Crippen LogP contribution in [0.5, 0.6) is 0 Å². The van der Waals surface area contributed by atoms with Crippen molar-refractivity contribution in [3.05, 3.63) is 242 Å². The van der Waals surface area contributed by atoms with Crippen LogP contribution < -0.4 is 4.90 Å². The Morgan fingerprint density at radius 3 is 1.93 bits per heavy atom. The lowest BCUT2D eigenvalue weighted by Crippen LogP contribution is -2.15. The zero-order chi connectivity index (χ0) is 46.5. The molecular weight excluding hydrogens is 853 g/mol. The van der Waals surface area contributed by atoms with E-state index < -0.39 is 0 Å². The van der Waals surface area contributed by atoms with E-state index in [2.05, 4.69) is 242 Å². The maximum Gasteiger partial charge on any atom is 0.235 e. The maximum absolute atomic E-state index is 7.06. The van der Waals surface area contributed by atoms with Crippen LogP contribution in [0.15, 0.2) is 235 Å². The molecule has 1 aliphatic carbocycles. The number of rotatable bonds is 7. The first kappa shape index (κ1) is 40.0. The molecule has 5 nitrogen and oxygen atoms in total. The van der Waals surface area contributed by atoms with Crippen molar-refractivity contribution in [1.82, 2.24) is 14.5 Å². The third kappa shape index (κ3) is 6.11. The summed E-state index contributed by atoms with van der Waals surface area (Å²) in [6.07, 6.45) is 0. The van der Waals surface area contributed by atoms with E-state index in [1.54, 1.807) is 0 Å². The molecule has 0 N–H and O–H groups in total. The minimum atomic E-state index is -0.118. The molecule has 3 heterocycles. The number of benzene rings is 10. The van der Waals surface area contributed by atoms with Crippen molar-refractivity contribution >= 4 is 72.0 Å². The number of hydrogen-bond acceptors (Lipinski definition) is 4. The van der Waals surface area contributed by atoms with E-state index in [-0.39, 0.29) is 5.41 Å². The monoisotopic (exact) mass is 896 g/mol. The molecule has 5 heteroatoms. The van der Waals surface area contributed by atoms with Crippen molar-refractivity contribution in [1.29, 1.82) is 0 Å². The predicted molar refractivity (Wildman–Crippen MR) is 290 cm³/mol. The second-order valence-electron chi connectivity index (χ2n) is 18.9. The Balaban J connectivity index is 0.960. The van der Waals surface area contributed by atoms with E-state index in [1.807, 2.05) is 12.1 Å².